The minimum atomic E-state index is -4.88. The number of amides is 2. The van der Waals surface area contributed by atoms with E-state index in [4.69, 9.17) is 4.74 Å². The molecule has 36 heavy (non-hydrogen) atoms. The quantitative estimate of drug-likeness (QED) is 0.462. The molecule has 2 aromatic carbocycles. The van der Waals surface area contributed by atoms with Crippen LogP contribution in [0.5, 0.6) is 11.5 Å². The molecule has 1 atom stereocenters. The molecule has 2 N–H and O–H groups in total. The van der Waals surface area contributed by atoms with Gasteiger partial charge < -0.3 is 20.1 Å². The van der Waals surface area contributed by atoms with Gasteiger partial charge >= 0.3 is 6.36 Å². The summed E-state index contributed by atoms with van der Waals surface area (Å²) in [5.74, 6) is -2.28. The molecule has 4 rings (SSSR count). The van der Waals surface area contributed by atoms with Crippen LogP contribution in [-0.4, -0.2) is 40.6 Å². The van der Waals surface area contributed by atoms with Gasteiger partial charge in [0.15, 0.2) is 17.4 Å². The van der Waals surface area contributed by atoms with Crippen molar-refractivity contribution in [1.29, 1.82) is 0 Å². The molecular formula is C24H22F4N4O4. The Morgan fingerprint density at radius 3 is 2.64 bits per heavy atom. The first kappa shape index (κ1) is 25.0. The first-order valence-corrected chi connectivity index (χ1v) is 11.0. The Hall–Kier alpha value is -4.09. The fraction of sp³-hybridized carbons (Fsp3) is 0.292. The number of ether oxygens (including phenoxy) is 2. The number of anilines is 1. The Labute approximate surface area is 203 Å². The third kappa shape index (κ3) is 5.93. The van der Waals surface area contributed by atoms with E-state index in [-0.39, 0.29) is 42.1 Å². The van der Waals surface area contributed by atoms with Crippen LogP contribution in [0.2, 0.25) is 0 Å². The zero-order chi connectivity index (χ0) is 26.0. The van der Waals surface area contributed by atoms with Gasteiger partial charge in [-0.25, -0.2) is 9.07 Å². The number of nitrogens with one attached hydrogen (secondary N) is 2. The number of benzene rings is 2. The molecule has 3 aromatic rings. The van der Waals surface area contributed by atoms with Gasteiger partial charge in [-0.05, 0) is 38.1 Å². The largest absolute Gasteiger partial charge is 0.573 e. The Bertz CT molecular complexity index is 1290. The van der Waals surface area contributed by atoms with Crippen LogP contribution in [0.15, 0.2) is 48.5 Å². The maximum atomic E-state index is 14.3. The second-order valence-corrected chi connectivity index (χ2v) is 8.38. The van der Waals surface area contributed by atoms with Crippen molar-refractivity contribution < 1.29 is 36.6 Å². The molecule has 2 amide bonds. The maximum absolute atomic E-state index is 14.3. The van der Waals surface area contributed by atoms with Gasteiger partial charge in [-0.2, -0.15) is 0 Å². The summed E-state index contributed by atoms with van der Waals surface area (Å²) in [7, 11) is 0. The number of alkyl halides is 3. The number of rotatable bonds is 7. The fourth-order valence-corrected chi connectivity index (χ4v) is 3.68. The number of nitrogens with zero attached hydrogens (tertiary/aromatic N) is 2. The average molecular weight is 506 g/mol. The van der Waals surface area contributed by atoms with Crippen molar-refractivity contribution in [1.82, 2.24) is 15.1 Å². The Kier molecular flexibility index (Phi) is 6.86. The third-order valence-corrected chi connectivity index (χ3v) is 5.19. The van der Waals surface area contributed by atoms with E-state index in [0.717, 1.165) is 6.07 Å². The summed E-state index contributed by atoms with van der Waals surface area (Å²) in [4.78, 5) is 24.1. The van der Waals surface area contributed by atoms with Crippen molar-refractivity contribution in [2.75, 3.05) is 11.9 Å². The Morgan fingerprint density at radius 1 is 1.19 bits per heavy atom. The molecule has 0 aliphatic carbocycles. The lowest BCUT2D eigenvalue weighted by Gasteiger charge is -2.14. The van der Waals surface area contributed by atoms with E-state index in [1.807, 2.05) is 0 Å². The number of carbonyl (C=O) groups is 2. The Morgan fingerprint density at radius 2 is 1.97 bits per heavy atom. The monoisotopic (exact) mass is 506 g/mol. The Balaban J connectivity index is 1.75. The van der Waals surface area contributed by atoms with E-state index in [1.165, 1.54) is 47.1 Å². The van der Waals surface area contributed by atoms with Crippen molar-refractivity contribution in [2.24, 2.45) is 5.92 Å². The van der Waals surface area contributed by atoms with Crippen molar-refractivity contribution in [2.45, 2.75) is 32.7 Å². The van der Waals surface area contributed by atoms with E-state index in [0.29, 0.717) is 11.4 Å². The van der Waals surface area contributed by atoms with Crippen molar-refractivity contribution in [3.63, 3.8) is 0 Å². The van der Waals surface area contributed by atoms with E-state index in [1.54, 1.807) is 13.8 Å². The number of halogens is 4. The normalized spacial score (nSPS) is 15.6. The lowest BCUT2D eigenvalue weighted by atomic mass is 10.1. The predicted molar refractivity (Wildman–Crippen MR) is 121 cm³/mol. The molecule has 0 saturated carbocycles. The minimum absolute atomic E-state index is 0.0318. The molecule has 1 aliphatic rings. The van der Waals surface area contributed by atoms with Crippen LogP contribution < -0.4 is 20.1 Å². The van der Waals surface area contributed by atoms with Crippen molar-refractivity contribution >= 4 is 17.6 Å². The van der Waals surface area contributed by atoms with E-state index >= 15 is 0 Å². The standard InChI is InChI=1S/C24H22F4N4O4/c1-13(2)35-20-10-16(6-7-18(20)25)32-19(14-4-3-5-17(8-14)36-24(26,27)28)11-21(31-32)30-23(34)15-9-22(33)29-12-15/h3-8,10-11,13,15H,9,12H2,1-2H3,(H,29,33)(H,30,31,34)/t15-/m0/s1. The van der Waals surface area contributed by atoms with E-state index in [9.17, 15) is 27.2 Å². The zero-order valence-electron chi connectivity index (χ0n) is 19.2. The molecule has 1 saturated heterocycles. The van der Waals surface area contributed by atoms with Gasteiger partial charge in [0, 0.05) is 30.7 Å². The van der Waals surface area contributed by atoms with Crippen LogP contribution in [0.1, 0.15) is 20.3 Å². The van der Waals surface area contributed by atoms with Gasteiger partial charge in [-0.1, -0.05) is 12.1 Å². The molecule has 8 nitrogen and oxygen atoms in total. The first-order valence-electron chi connectivity index (χ1n) is 11.0. The van der Waals surface area contributed by atoms with E-state index in [2.05, 4.69) is 20.5 Å². The summed E-state index contributed by atoms with van der Waals surface area (Å²) >= 11 is 0. The van der Waals surface area contributed by atoms with Crippen molar-refractivity contribution in [3.05, 3.63) is 54.3 Å². The molecule has 0 radical (unpaired) electrons. The third-order valence-electron chi connectivity index (χ3n) is 5.19. The average Bonchev–Trinajstić information content (AvgIpc) is 3.40. The molecular weight excluding hydrogens is 484 g/mol. The lowest BCUT2D eigenvalue weighted by Crippen LogP contribution is -2.24. The number of aromatic nitrogens is 2. The zero-order valence-corrected chi connectivity index (χ0v) is 19.2. The SMILES string of the molecule is CC(C)Oc1cc(-n2nc(NC(=O)[C@@H]3CNC(=O)C3)cc2-c2cccc(OC(F)(F)F)c2)ccc1F. The molecule has 190 valence electrons. The van der Waals surface area contributed by atoms with Gasteiger partial charge in [0.05, 0.1) is 23.4 Å². The summed E-state index contributed by atoms with van der Waals surface area (Å²) in [5.41, 5.74) is 0.918. The highest BCUT2D eigenvalue weighted by molar-refractivity contribution is 5.97. The minimum Gasteiger partial charge on any atom is -0.488 e. The first-order chi connectivity index (χ1) is 17.0. The van der Waals surface area contributed by atoms with Crippen LogP contribution in [0.3, 0.4) is 0 Å². The summed E-state index contributed by atoms with van der Waals surface area (Å²) in [5, 5.41) is 9.59. The molecule has 2 heterocycles. The molecule has 1 fully saturated rings. The second-order valence-electron chi connectivity index (χ2n) is 8.38. The summed E-state index contributed by atoms with van der Waals surface area (Å²) in [6.07, 6.45) is -5.17. The topological polar surface area (TPSA) is 94.5 Å². The van der Waals surface area contributed by atoms with Crippen LogP contribution in [0.25, 0.3) is 16.9 Å². The fourth-order valence-electron chi connectivity index (χ4n) is 3.68. The summed E-state index contributed by atoms with van der Waals surface area (Å²) in [6.45, 7) is 3.64. The van der Waals surface area contributed by atoms with Crippen LogP contribution in [0.4, 0.5) is 23.4 Å². The summed E-state index contributed by atoms with van der Waals surface area (Å²) < 4.78 is 63.5. The number of hydrogen-bond acceptors (Lipinski definition) is 5. The highest BCUT2D eigenvalue weighted by atomic mass is 19.4. The van der Waals surface area contributed by atoms with Crippen LogP contribution >= 0.6 is 0 Å². The molecule has 0 unspecified atom stereocenters. The predicted octanol–water partition coefficient (Wildman–Crippen LogP) is 4.44. The maximum Gasteiger partial charge on any atom is 0.573 e. The van der Waals surface area contributed by atoms with Gasteiger partial charge in [-0.15, -0.1) is 18.3 Å². The lowest BCUT2D eigenvalue weighted by molar-refractivity contribution is -0.274. The van der Waals surface area contributed by atoms with Gasteiger partial charge in [-0.3, -0.25) is 9.59 Å². The van der Waals surface area contributed by atoms with Gasteiger partial charge in [0.2, 0.25) is 11.8 Å². The highest BCUT2D eigenvalue weighted by Crippen LogP contribution is 2.32. The smallest absolute Gasteiger partial charge is 0.488 e. The molecule has 0 bridgehead atoms. The highest BCUT2D eigenvalue weighted by Gasteiger charge is 2.31. The molecule has 0 spiro atoms. The molecule has 12 heteroatoms. The van der Waals surface area contributed by atoms with Gasteiger partial charge in [0.1, 0.15) is 5.75 Å². The van der Waals surface area contributed by atoms with E-state index < -0.39 is 29.8 Å². The van der Waals surface area contributed by atoms with Crippen molar-refractivity contribution in [3.8, 4) is 28.4 Å². The number of carbonyl (C=O) groups excluding carboxylic acids is 2. The molecule has 1 aromatic heterocycles. The summed E-state index contributed by atoms with van der Waals surface area (Å²) in [6, 6.07) is 10.7. The molecule has 1 aliphatic heterocycles. The van der Waals surface area contributed by atoms with Gasteiger partial charge in [0.25, 0.3) is 0 Å². The van der Waals surface area contributed by atoms with Crippen LogP contribution in [-0.2, 0) is 9.59 Å². The second kappa shape index (κ2) is 9.88. The van der Waals surface area contributed by atoms with Crippen LogP contribution in [0, 0.1) is 11.7 Å². The number of hydrogen-bond donors (Lipinski definition) is 2.